The number of anilines is 2. The van der Waals surface area contributed by atoms with E-state index in [9.17, 15) is 8.78 Å². The molecule has 0 unspecified atom stereocenters. The fourth-order valence-electron chi connectivity index (χ4n) is 3.24. The molecule has 0 fully saturated rings. The third kappa shape index (κ3) is 2.54. The van der Waals surface area contributed by atoms with Gasteiger partial charge in [0.05, 0.1) is 16.9 Å². The Morgan fingerprint density at radius 1 is 0.957 bits per heavy atom. The van der Waals surface area contributed by atoms with Crippen molar-refractivity contribution in [2.45, 2.75) is 25.7 Å². The monoisotopic (exact) mass is 310 g/mol. The normalized spacial score (nSPS) is 13.8. The zero-order chi connectivity index (χ0) is 15.8. The van der Waals surface area contributed by atoms with Gasteiger partial charge in [-0.1, -0.05) is 18.2 Å². The van der Waals surface area contributed by atoms with E-state index in [0.29, 0.717) is 0 Å². The van der Waals surface area contributed by atoms with Gasteiger partial charge < -0.3 is 5.32 Å². The van der Waals surface area contributed by atoms with Gasteiger partial charge in [0.15, 0.2) is 0 Å². The highest BCUT2D eigenvalue weighted by Crippen LogP contribution is 2.35. The number of rotatable bonds is 2. The second-order valence-corrected chi connectivity index (χ2v) is 5.89. The summed E-state index contributed by atoms with van der Waals surface area (Å²) in [5.41, 5.74) is 4.09. The smallest absolute Gasteiger partial charge is 0.146 e. The van der Waals surface area contributed by atoms with E-state index in [1.165, 1.54) is 6.07 Å². The van der Waals surface area contributed by atoms with Crippen LogP contribution in [0.1, 0.15) is 24.1 Å². The second-order valence-electron chi connectivity index (χ2n) is 5.89. The fraction of sp³-hybridized carbons (Fsp3) is 0.211. The summed E-state index contributed by atoms with van der Waals surface area (Å²) in [5.74, 6) is -0.919. The van der Waals surface area contributed by atoms with E-state index in [1.54, 1.807) is 0 Å². The van der Waals surface area contributed by atoms with Crippen molar-refractivity contribution in [1.82, 2.24) is 4.98 Å². The first-order valence-electron chi connectivity index (χ1n) is 7.85. The van der Waals surface area contributed by atoms with Crippen LogP contribution in [0.2, 0.25) is 0 Å². The number of benzene rings is 2. The minimum Gasteiger partial charge on any atom is -0.352 e. The van der Waals surface area contributed by atoms with Crippen molar-refractivity contribution in [3.05, 3.63) is 65.4 Å². The highest BCUT2D eigenvalue weighted by atomic mass is 19.1. The van der Waals surface area contributed by atoms with Gasteiger partial charge in [0.2, 0.25) is 0 Å². The van der Waals surface area contributed by atoms with Crippen molar-refractivity contribution in [3.63, 3.8) is 0 Å². The average Bonchev–Trinajstić information content (AvgIpc) is 2.58. The topological polar surface area (TPSA) is 24.9 Å². The standard InChI is InChI=1S/C19H16F2N2/c20-12-9-10-15(21)18(11-12)23-19-13-5-1-3-7-16(13)22-17-8-4-2-6-14(17)19/h1,3,5,7,9-11H,2,4,6,8H2,(H,22,23). The van der Waals surface area contributed by atoms with Gasteiger partial charge in [-0.3, -0.25) is 4.98 Å². The van der Waals surface area contributed by atoms with Crippen molar-refractivity contribution < 1.29 is 8.78 Å². The Balaban J connectivity index is 1.92. The number of aryl methyl sites for hydroxylation is 1. The van der Waals surface area contributed by atoms with Crippen LogP contribution in [0.4, 0.5) is 20.2 Å². The SMILES string of the molecule is Fc1ccc(F)c(Nc2c3c(nc4ccccc24)CCCC3)c1. The van der Waals surface area contributed by atoms with Crippen molar-refractivity contribution in [3.8, 4) is 0 Å². The van der Waals surface area contributed by atoms with E-state index in [1.807, 2.05) is 24.3 Å². The van der Waals surface area contributed by atoms with Gasteiger partial charge in [-0.05, 0) is 49.4 Å². The Morgan fingerprint density at radius 3 is 2.70 bits per heavy atom. The molecule has 4 heteroatoms. The largest absolute Gasteiger partial charge is 0.352 e. The number of para-hydroxylation sites is 1. The maximum Gasteiger partial charge on any atom is 0.146 e. The number of nitrogens with one attached hydrogen (secondary N) is 1. The summed E-state index contributed by atoms with van der Waals surface area (Å²) in [4.78, 5) is 4.75. The third-order valence-corrected chi connectivity index (χ3v) is 4.36. The van der Waals surface area contributed by atoms with Crippen LogP contribution in [0.5, 0.6) is 0 Å². The molecule has 0 atom stereocenters. The van der Waals surface area contributed by atoms with E-state index in [2.05, 4.69) is 5.32 Å². The first-order valence-corrected chi connectivity index (χ1v) is 7.85. The Kier molecular flexibility index (Phi) is 3.45. The van der Waals surface area contributed by atoms with Crippen LogP contribution in [0.3, 0.4) is 0 Å². The van der Waals surface area contributed by atoms with Crippen molar-refractivity contribution in [2.24, 2.45) is 0 Å². The van der Waals surface area contributed by atoms with Crippen molar-refractivity contribution in [1.29, 1.82) is 0 Å². The first-order chi connectivity index (χ1) is 11.2. The quantitative estimate of drug-likeness (QED) is 0.709. The van der Waals surface area contributed by atoms with E-state index >= 15 is 0 Å². The Bertz CT molecular complexity index is 890. The summed E-state index contributed by atoms with van der Waals surface area (Å²) in [6.07, 6.45) is 4.05. The molecule has 0 radical (unpaired) electrons. The molecule has 0 saturated carbocycles. The number of hydrogen-bond acceptors (Lipinski definition) is 2. The van der Waals surface area contributed by atoms with Crippen LogP contribution in [0.15, 0.2) is 42.5 Å². The summed E-state index contributed by atoms with van der Waals surface area (Å²) in [6.45, 7) is 0. The molecule has 1 heterocycles. The highest BCUT2D eigenvalue weighted by molar-refractivity contribution is 5.95. The summed E-state index contributed by atoms with van der Waals surface area (Å²) in [6, 6.07) is 11.3. The molecule has 0 spiro atoms. The maximum atomic E-state index is 14.0. The molecular formula is C19H16F2N2. The number of aromatic nitrogens is 1. The molecule has 0 aliphatic heterocycles. The van der Waals surface area contributed by atoms with E-state index < -0.39 is 11.6 Å². The van der Waals surface area contributed by atoms with Crippen LogP contribution in [0.25, 0.3) is 10.9 Å². The molecule has 0 amide bonds. The number of fused-ring (bicyclic) bond motifs is 2. The number of halogens is 2. The molecule has 3 aromatic rings. The molecule has 116 valence electrons. The molecular weight excluding hydrogens is 294 g/mol. The van der Waals surface area contributed by atoms with E-state index in [4.69, 9.17) is 4.98 Å². The zero-order valence-electron chi connectivity index (χ0n) is 12.6. The number of nitrogens with zero attached hydrogens (tertiary/aromatic N) is 1. The van der Waals surface area contributed by atoms with Crippen LogP contribution in [-0.4, -0.2) is 4.98 Å². The molecule has 0 saturated heterocycles. The molecule has 2 nitrogen and oxygen atoms in total. The predicted molar refractivity (Wildman–Crippen MR) is 88.0 cm³/mol. The summed E-state index contributed by atoms with van der Waals surface area (Å²) in [5, 5.41) is 4.07. The lowest BCUT2D eigenvalue weighted by atomic mass is 9.92. The minimum absolute atomic E-state index is 0.161. The van der Waals surface area contributed by atoms with Gasteiger partial charge in [0, 0.05) is 17.1 Å². The van der Waals surface area contributed by atoms with Gasteiger partial charge >= 0.3 is 0 Å². The molecule has 23 heavy (non-hydrogen) atoms. The average molecular weight is 310 g/mol. The predicted octanol–water partition coefficient (Wildman–Crippen LogP) is 5.14. The minimum atomic E-state index is -0.461. The van der Waals surface area contributed by atoms with Crippen LogP contribution < -0.4 is 5.32 Å². The molecule has 1 aromatic heterocycles. The van der Waals surface area contributed by atoms with Gasteiger partial charge in [-0.25, -0.2) is 8.78 Å². The molecule has 1 N–H and O–H groups in total. The van der Waals surface area contributed by atoms with Crippen molar-refractivity contribution >= 4 is 22.3 Å². The van der Waals surface area contributed by atoms with E-state index in [0.717, 1.165) is 65.7 Å². The lowest BCUT2D eigenvalue weighted by Crippen LogP contribution is -2.10. The summed E-state index contributed by atoms with van der Waals surface area (Å²) < 4.78 is 27.5. The molecule has 1 aliphatic rings. The molecule has 0 bridgehead atoms. The fourth-order valence-corrected chi connectivity index (χ4v) is 3.24. The second kappa shape index (κ2) is 5.61. The van der Waals surface area contributed by atoms with Gasteiger partial charge in [-0.2, -0.15) is 0 Å². The Morgan fingerprint density at radius 2 is 1.78 bits per heavy atom. The third-order valence-electron chi connectivity index (χ3n) is 4.36. The molecule has 1 aliphatic carbocycles. The number of hydrogen-bond donors (Lipinski definition) is 1. The summed E-state index contributed by atoms with van der Waals surface area (Å²) >= 11 is 0. The molecule has 4 rings (SSSR count). The lowest BCUT2D eigenvalue weighted by Gasteiger charge is -2.22. The highest BCUT2D eigenvalue weighted by Gasteiger charge is 2.19. The zero-order valence-corrected chi connectivity index (χ0v) is 12.6. The van der Waals surface area contributed by atoms with E-state index in [-0.39, 0.29) is 5.69 Å². The summed E-state index contributed by atoms with van der Waals surface area (Å²) in [7, 11) is 0. The Hall–Kier alpha value is -2.49. The van der Waals surface area contributed by atoms with Gasteiger partial charge in [0.1, 0.15) is 11.6 Å². The van der Waals surface area contributed by atoms with Crippen molar-refractivity contribution in [2.75, 3.05) is 5.32 Å². The first kappa shape index (κ1) is 14.1. The van der Waals surface area contributed by atoms with Gasteiger partial charge in [-0.15, -0.1) is 0 Å². The van der Waals surface area contributed by atoms with Gasteiger partial charge in [0.25, 0.3) is 0 Å². The van der Waals surface area contributed by atoms with Crippen LogP contribution >= 0.6 is 0 Å². The maximum absolute atomic E-state index is 14.0. The van der Waals surface area contributed by atoms with Crippen LogP contribution in [0, 0.1) is 11.6 Å². The molecule has 2 aromatic carbocycles. The Labute approximate surface area is 133 Å². The van der Waals surface area contributed by atoms with Crippen LogP contribution in [-0.2, 0) is 12.8 Å². The number of pyridine rings is 1. The lowest BCUT2D eigenvalue weighted by molar-refractivity contribution is 0.603.